The highest BCUT2D eigenvalue weighted by Crippen LogP contribution is 2.29. The van der Waals surface area contributed by atoms with Crippen molar-refractivity contribution in [2.24, 2.45) is 5.92 Å². The van der Waals surface area contributed by atoms with Gasteiger partial charge in [-0.15, -0.1) is 0 Å². The Balaban J connectivity index is 1.78. The summed E-state index contributed by atoms with van der Waals surface area (Å²) < 4.78 is 10.8. The zero-order valence-corrected chi connectivity index (χ0v) is 12.7. The summed E-state index contributed by atoms with van der Waals surface area (Å²) in [4.78, 5) is 20.1. The number of methoxy groups -OCH3 is 1. The lowest BCUT2D eigenvalue weighted by molar-refractivity contribution is 0.0791. The first-order valence-corrected chi connectivity index (χ1v) is 7.48. The van der Waals surface area contributed by atoms with Gasteiger partial charge in [0.15, 0.2) is 0 Å². The Bertz CT molecular complexity index is 446. The molecule has 2 rings (SSSR count). The quantitative estimate of drug-likeness (QED) is 0.751. The van der Waals surface area contributed by atoms with E-state index in [1.807, 2.05) is 0 Å². The van der Waals surface area contributed by atoms with Crippen LogP contribution in [0.5, 0.6) is 5.88 Å². The molecule has 0 bridgehead atoms. The van der Waals surface area contributed by atoms with Crippen LogP contribution in [0, 0.1) is 5.92 Å². The summed E-state index contributed by atoms with van der Waals surface area (Å²) in [6.07, 6.45) is 7.36. The molecule has 0 aliphatic heterocycles. The molecule has 0 aromatic carbocycles. The molecule has 116 valence electrons. The molecular weight excluding hydrogens is 270 g/mol. The van der Waals surface area contributed by atoms with Crippen LogP contribution in [0.1, 0.15) is 43.1 Å². The molecule has 0 saturated heterocycles. The lowest BCUT2D eigenvalue weighted by atomic mass is 10.2. The number of ether oxygens (including phenoxy) is 2. The van der Waals surface area contributed by atoms with Gasteiger partial charge in [0.05, 0.1) is 25.1 Å². The van der Waals surface area contributed by atoms with E-state index in [-0.39, 0.29) is 12.0 Å². The van der Waals surface area contributed by atoms with Crippen molar-refractivity contribution >= 4 is 5.91 Å². The predicted octanol–water partition coefficient (Wildman–Crippen LogP) is 1.81. The highest BCUT2D eigenvalue weighted by molar-refractivity contribution is 5.91. The van der Waals surface area contributed by atoms with Crippen LogP contribution in [0.15, 0.2) is 12.4 Å². The molecule has 1 aliphatic rings. The number of hydrogen-bond donors (Lipinski definition) is 1. The molecule has 6 nitrogen and oxygen atoms in total. The van der Waals surface area contributed by atoms with Gasteiger partial charge >= 0.3 is 0 Å². The van der Waals surface area contributed by atoms with Gasteiger partial charge in [0.25, 0.3) is 5.91 Å². The fourth-order valence-corrected chi connectivity index (χ4v) is 1.92. The van der Waals surface area contributed by atoms with Crippen LogP contribution in [0.4, 0.5) is 0 Å². The van der Waals surface area contributed by atoms with Crippen LogP contribution in [0.2, 0.25) is 0 Å². The topological polar surface area (TPSA) is 73.3 Å². The molecule has 1 aliphatic carbocycles. The first-order chi connectivity index (χ1) is 10.2. The molecule has 0 radical (unpaired) electrons. The summed E-state index contributed by atoms with van der Waals surface area (Å²) in [5, 5.41) is 2.81. The van der Waals surface area contributed by atoms with Gasteiger partial charge in [-0.05, 0) is 25.2 Å². The maximum absolute atomic E-state index is 11.9. The zero-order chi connectivity index (χ0) is 15.1. The van der Waals surface area contributed by atoms with Gasteiger partial charge in [-0.25, -0.2) is 9.97 Å². The van der Waals surface area contributed by atoms with E-state index in [4.69, 9.17) is 9.47 Å². The van der Waals surface area contributed by atoms with E-state index in [1.54, 1.807) is 7.11 Å². The van der Waals surface area contributed by atoms with Gasteiger partial charge < -0.3 is 14.8 Å². The maximum Gasteiger partial charge on any atom is 0.271 e. The summed E-state index contributed by atoms with van der Waals surface area (Å²) >= 11 is 0. The number of amides is 1. The number of nitrogens with one attached hydrogen (secondary N) is 1. The molecule has 0 spiro atoms. The molecular formula is C15H23N3O3. The van der Waals surface area contributed by atoms with E-state index < -0.39 is 0 Å². The molecule has 6 heteroatoms. The molecule has 1 heterocycles. The molecule has 21 heavy (non-hydrogen) atoms. The molecule has 1 aromatic rings. The minimum Gasteiger partial charge on any atom is -0.476 e. The van der Waals surface area contributed by atoms with Gasteiger partial charge in [-0.2, -0.15) is 0 Å². The van der Waals surface area contributed by atoms with E-state index in [9.17, 15) is 4.79 Å². The molecule has 1 fully saturated rings. The number of hydrogen-bond acceptors (Lipinski definition) is 5. The molecule has 1 aromatic heterocycles. The first kappa shape index (κ1) is 15.7. The standard InChI is InChI=1S/C15H23N3O3/c1-3-4-12(20-2)7-18-15(19)13-8-17-14(9-16-13)21-10-11-5-6-11/h8-9,11-12H,3-7,10H2,1-2H3,(H,18,19). The second kappa shape index (κ2) is 7.93. The molecule has 1 N–H and O–H groups in total. The van der Waals surface area contributed by atoms with E-state index >= 15 is 0 Å². The highest BCUT2D eigenvalue weighted by atomic mass is 16.5. The van der Waals surface area contributed by atoms with Crippen LogP contribution in [-0.2, 0) is 4.74 Å². The predicted molar refractivity (Wildman–Crippen MR) is 78.3 cm³/mol. The minimum atomic E-state index is -0.241. The summed E-state index contributed by atoms with van der Waals surface area (Å²) in [7, 11) is 1.65. The average Bonchev–Trinajstić information content (AvgIpc) is 3.34. The number of carbonyl (C=O) groups excluding carboxylic acids is 1. The molecule has 1 saturated carbocycles. The van der Waals surface area contributed by atoms with Crippen LogP contribution in [0.3, 0.4) is 0 Å². The van der Waals surface area contributed by atoms with Crippen molar-refractivity contribution in [2.75, 3.05) is 20.3 Å². The van der Waals surface area contributed by atoms with Crippen molar-refractivity contribution in [1.82, 2.24) is 15.3 Å². The highest BCUT2D eigenvalue weighted by Gasteiger charge is 2.22. The Morgan fingerprint density at radius 3 is 2.81 bits per heavy atom. The van der Waals surface area contributed by atoms with Crippen molar-refractivity contribution in [3.63, 3.8) is 0 Å². The Hall–Kier alpha value is -1.69. The van der Waals surface area contributed by atoms with E-state index in [0.29, 0.717) is 30.6 Å². The van der Waals surface area contributed by atoms with Crippen molar-refractivity contribution < 1.29 is 14.3 Å². The number of carbonyl (C=O) groups is 1. The monoisotopic (exact) mass is 293 g/mol. The molecule has 1 unspecified atom stereocenters. The Labute approximate surface area is 125 Å². The van der Waals surface area contributed by atoms with Gasteiger partial charge in [0, 0.05) is 13.7 Å². The van der Waals surface area contributed by atoms with Crippen molar-refractivity contribution in [1.29, 1.82) is 0 Å². The normalized spacial score (nSPS) is 15.5. The van der Waals surface area contributed by atoms with Gasteiger partial charge in [-0.3, -0.25) is 4.79 Å². The van der Waals surface area contributed by atoms with E-state index in [0.717, 1.165) is 12.8 Å². The van der Waals surface area contributed by atoms with Crippen LogP contribution >= 0.6 is 0 Å². The Morgan fingerprint density at radius 1 is 1.43 bits per heavy atom. The molecule has 1 amide bonds. The van der Waals surface area contributed by atoms with Crippen LogP contribution in [-0.4, -0.2) is 42.2 Å². The maximum atomic E-state index is 11.9. The van der Waals surface area contributed by atoms with Crippen LogP contribution in [0.25, 0.3) is 0 Å². The number of nitrogens with zero attached hydrogens (tertiary/aromatic N) is 2. The fraction of sp³-hybridized carbons (Fsp3) is 0.667. The van der Waals surface area contributed by atoms with E-state index in [2.05, 4.69) is 22.2 Å². The molecule has 1 atom stereocenters. The Kier molecular flexibility index (Phi) is 5.92. The minimum absolute atomic E-state index is 0.0352. The largest absolute Gasteiger partial charge is 0.476 e. The number of aromatic nitrogens is 2. The smallest absolute Gasteiger partial charge is 0.271 e. The third kappa shape index (κ3) is 5.30. The van der Waals surface area contributed by atoms with Gasteiger partial charge in [0.1, 0.15) is 5.69 Å². The summed E-state index contributed by atoms with van der Waals surface area (Å²) in [5.41, 5.74) is 0.292. The summed E-state index contributed by atoms with van der Waals surface area (Å²) in [6.45, 7) is 3.25. The van der Waals surface area contributed by atoms with Crippen molar-refractivity contribution in [3.8, 4) is 5.88 Å². The van der Waals surface area contributed by atoms with Gasteiger partial charge in [-0.1, -0.05) is 13.3 Å². The van der Waals surface area contributed by atoms with Crippen LogP contribution < -0.4 is 10.1 Å². The third-order valence-corrected chi connectivity index (χ3v) is 3.46. The second-order valence-electron chi connectivity index (χ2n) is 5.35. The average molecular weight is 293 g/mol. The SMILES string of the molecule is CCCC(CNC(=O)c1cnc(OCC2CC2)cn1)OC. The summed E-state index contributed by atoms with van der Waals surface area (Å²) in [6, 6.07) is 0. The second-order valence-corrected chi connectivity index (χ2v) is 5.35. The van der Waals surface area contributed by atoms with Crippen molar-refractivity contribution in [3.05, 3.63) is 18.1 Å². The lowest BCUT2D eigenvalue weighted by Crippen LogP contribution is -2.33. The number of rotatable bonds is 9. The lowest BCUT2D eigenvalue weighted by Gasteiger charge is -2.14. The van der Waals surface area contributed by atoms with E-state index in [1.165, 1.54) is 25.2 Å². The van der Waals surface area contributed by atoms with Crippen molar-refractivity contribution in [2.45, 2.75) is 38.7 Å². The first-order valence-electron chi connectivity index (χ1n) is 7.48. The Morgan fingerprint density at radius 2 is 2.24 bits per heavy atom. The zero-order valence-electron chi connectivity index (χ0n) is 12.7. The third-order valence-electron chi connectivity index (χ3n) is 3.46. The van der Waals surface area contributed by atoms with Gasteiger partial charge in [0.2, 0.25) is 5.88 Å². The fourth-order valence-electron chi connectivity index (χ4n) is 1.92. The summed E-state index contributed by atoms with van der Waals surface area (Å²) in [5.74, 6) is 0.896.